The zero-order valence-electron chi connectivity index (χ0n) is 9.29. The molecule has 1 fully saturated rings. The number of hydrogen-bond donors (Lipinski definition) is 1. The summed E-state index contributed by atoms with van der Waals surface area (Å²) in [6.07, 6.45) is 6.23. The molecule has 1 unspecified atom stereocenters. The Balaban J connectivity index is 2.14. The van der Waals surface area contributed by atoms with E-state index in [-0.39, 0.29) is 0 Å². The van der Waals surface area contributed by atoms with Gasteiger partial charge in [0.1, 0.15) is 0 Å². The molecule has 0 aromatic carbocycles. The van der Waals surface area contributed by atoms with Gasteiger partial charge in [0, 0.05) is 21.7 Å². The zero-order valence-corrected chi connectivity index (χ0v) is 10.1. The van der Waals surface area contributed by atoms with E-state index in [0.29, 0.717) is 5.75 Å². The largest absolute Gasteiger partial charge is 0.306 e. The maximum atomic E-state index is 11.1. The molecule has 1 heterocycles. The summed E-state index contributed by atoms with van der Waals surface area (Å²) in [6.45, 7) is 2.40. The van der Waals surface area contributed by atoms with Crippen LogP contribution in [0, 0.1) is 10.7 Å². The second kappa shape index (κ2) is 5.12. The highest BCUT2D eigenvalue weighted by Gasteiger charge is 2.16. The molecule has 1 atom stereocenters. The van der Waals surface area contributed by atoms with Crippen LogP contribution >= 0.6 is 0 Å². The predicted octanol–water partition coefficient (Wildman–Crippen LogP) is 1.78. The molecule has 0 aliphatic carbocycles. The summed E-state index contributed by atoms with van der Waals surface area (Å²) in [5.74, 6) is 1.40. The van der Waals surface area contributed by atoms with E-state index >= 15 is 0 Å². The van der Waals surface area contributed by atoms with Crippen molar-refractivity contribution in [3.8, 4) is 0 Å². The van der Waals surface area contributed by atoms with E-state index in [1.54, 1.807) is 6.26 Å². The Morgan fingerprint density at radius 3 is 2.50 bits per heavy atom. The Hall–Kier alpha value is -0.0900. The molecule has 84 valence electrons. The molecule has 1 N–H and O–H groups in total. The lowest BCUT2D eigenvalue weighted by atomic mass is 9.93. The molecule has 0 radical (unpaired) electrons. The van der Waals surface area contributed by atoms with Crippen LogP contribution in [0.4, 0.5) is 0 Å². The van der Waals surface area contributed by atoms with Gasteiger partial charge in [-0.05, 0) is 51.7 Å². The lowest BCUT2D eigenvalue weighted by Crippen LogP contribution is -2.30. The van der Waals surface area contributed by atoms with E-state index < -0.39 is 9.73 Å². The van der Waals surface area contributed by atoms with Gasteiger partial charge < -0.3 is 4.90 Å². The maximum Gasteiger partial charge on any atom is 0.0412 e. The predicted molar refractivity (Wildman–Crippen MR) is 61.1 cm³/mol. The van der Waals surface area contributed by atoms with Gasteiger partial charge in [0.05, 0.1) is 0 Å². The second-order valence-electron chi connectivity index (χ2n) is 4.60. The van der Waals surface area contributed by atoms with E-state index in [9.17, 15) is 4.21 Å². The summed E-state index contributed by atoms with van der Waals surface area (Å²) in [5.41, 5.74) is 0. The van der Waals surface area contributed by atoms with Gasteiger partial charge in [0.25, 0.3) is 0 Å². The third-order valence-corrected chi connectivity index (χ3v) is 4.05. The Morgan fingerprint density at radius 2 is 2.00 bits per heavy atom. The maximum absolute atomic E-state index is 11.1. The lowest BCUT2D eigenvalue weighted by molar-refractivity contribution is 0.212. The number of rotatable bonds is 4. The van der Waals surface area contributed by atoms with Crippen molar-refractivity contribution in [2.45, 2.75) is 25.7 Å². The standard InChI is InChI=1S/C10H22N2OS/c1-12-7-5-10(6-8-12)4-3-9-14(2,11)13/h10-11H,3-9H2,1-2H3. The van der Waals surface area contributed by atoms with Crippen LogP contribution in [-0.4, -0.2) is 41.3 Å². The molecule has 1 aliphatic rings. The molecular formula is C10H22N2OS. The van der Waals surface area contributed by atoms with Crippen molar-refractivity contribution in [1.82, 2.24) is 4.90 Å². The highest BCUT2D eigenvalue weighted by Crippen LogP contribution is 2.21. The Bertz CT molecular complexity index is 253. The Labute approximate surface area is 87.8 Å². The van der Waals surface area contributed by atoms with Gasteiger partial charge in [0.2, 0.25) is 0 Å². The molecule has 1 aliphatic heterocycles. The molecule has 4 heteroatoms. The van der Waals surface area contributed by atoms with E-state index in [1.807, 2.05) is 0 Å². The van der Waals surface area contributed by atoms with Crippen molar-refractivity contribution in [3.05, 3.63) is 0 Å². The van der Waals surface area contributed by atoms with Crippen LogP contribution in [0.5, 0.6) is 0 Å². The minimum absolute atomic E-state index is 0.583. The fourth-order valence-corrected chi connectivity index (χ4v) is 2.72. The van der Waals surface area contributed by atoms with E-state index in [2.05, 4.69) is 11.9 Å². The molecule has 3 nitrogen and oxygen atoms in total. The number of piperidine rings is 1. The fraction of sp³-hybridized carbons (Fsp3) is 1.00. The minimum Gasteiger partial charge on any atom is -0.306 e. The molecule has 0 aromatic heterocycles. The van der Waals surface area contributed by atoms with Gasteiger partial charge in [0.15, 0.2) is 0 Å². The van der Waals surface area contributed by atoms with E-state index in [1.165, 1.54) is 25.9 Å². The number of likely N-dealkylation sites (tertiary alicyclic amines) is 1. The molecule has 14 heavy (non-hydrogen) atoms. The number of hydrogen-bond acceptors (Lipinski definition) is 3. The molecule has 1 saturated heterocycles. The summed E-state index contributed by atoms with van der Waals surface area (Å²) in [5, 5.41) is 0. The van der Waals surface area contributed by atoms with Gasteiger partial charge in [-0.2, -0.15) is 0 Å². The molecule has 0 saturated carbocycles. The zero-order chi connectivity index (χ0) is 10.6. The first-order chi connectivity index (χ1) is 6.47. The summed E-state index contributed by atoms with van der Waals surface area (Å²) >= 11 is 0. The van der Waals surface area contributed by atoms with Crippen molar-refractivity contribution in [3.63, 3.8) is 0 Å². The first-order valence-corrected chi connectivity index (χ1v) is 7.51. The smallest absolute Gasteiger partial charge is 0.0412 e. The summed E-state index contributed by atoms with van der Waals surface area (Å²) < 4.78 is 18.4. The third kappa shape index (κ3) is 4.96. The Kier molecular flexibility index (Phi) is 4.38. The summed E-state index contributed by atoms with van der Waals surface area (Å²) in [7, 11) is -0.0806. The van der Waals surface area contributed by atoms with Crippen molar-refractivity contribution < 1.29 is 4.21 Å². The average Bonchev–Trinajstić information content (AvgIpc) is 2.06. The molecule has 0 amide bonds. The van der Waals surface area contributed by atoms with E-state index in [0.717, 1.165) is 18.8 Å². The fourth-order valence-electron chi connectivity index (χ4n) is 2.00. The van der Waals surface area contributed by atoms with Crippen LogP contribution in [-0.2, 0) is 9.73 Å². The molecule has 0 spiro atoms. The average molecular weight is 218 g/mol. The monoisotopic (exact) mass is 218 g/mol. The van der Waals surface area contributed by atoms with E-state index in [4.69, 9.17) is 4.78 Å². The molecule has 0 aromatic rings. The topological polar surface area (TPSA) is 44.2 Å². The summed E-state index contributed by atoms with van der Waals surface area (Å²) in [4.78, 5) is 2.37. The van der Waals surface area contributed by atoms with Gasteiger partial charge in [-0.3, -0.25) is 8.99 Å². The number of nitrogens with zero attached hydrogens (tertiary/aromatic N) is 1. The first kappa shape index (κ1) is 12.0. The van der Waals surface area contributed by atoms with Crippen molar-refractivity contribution in [2.24, 2.45) is 5.92 Å². The molecule has 1 rings (SSSR count). The summed E-state index contributed by atoms with van der Waals surface area (Å²) in [6, 6.07) is 0. The normalized spacial score (nSPS) is 24.7. The second-order valence-corrected chi connectivity index (χ2v) is 7.02. The molecule has 0 bridgehead atoms. The van der Waals surface area contributed by atoms with Crippen LogP contribution in [0.1, 0.15) is 25.7 Å². The highest BCUT2D eigenvalue weighted by atomic mass is 32.2. The lowest BCUT2D eigenvalue weighted by Gasteiger charge is -2.28. The highest BCUT2D eigenvalue weighted by molar-refractivity contribution is 7.91. The van der Waals surface area contributed by atoms with Crippen LogP contribution in [0.3, 0.4) is 0 Å². The first-order valence-electron chi connectivity index (χ1n) is 5.37. The van der Waals surface area contributed by atoms with Crippen molar-refractivity contribution >= 4 is 9.73 Å². The van der Waals surface area contributed by atoms with Crippen LogP contribution in [0.2, 0.25) is 0 Å². The Morgan fingerprint density at radius 1 is 1.43 bits per heavy atom. The SMILES string of the molecule is CN1CCC(CCCS(C)(=N)=O)CC1. The van der Waals surface area contributed by atoms with Gasteiger partial charge in [-0.1, -0.05) is 0 Å². The van der Waals surface area contributed by atoms with Crippen LogP contribution < -0.4 is 0 Å². The molecular weight excluding hydrogens is 196 g/mol. The van der Waals surface area contributed by atoms with Crippen LogP contribution in [0.25, 0.3) is 0 Å². The third-order valence-electron chi connectivity index (χ3n) is 2.98. The van der Waals surface area contributed by atoms with Gasteiger partial charge >= 0.3 is 0 Å². The van der Waals surface area contributed by atoms with Crippen molar-refractivity contribution in [2.75, 3.05) is 32.1 Å². The van der Waals surface area contributed by atoms with Gasteiger partial charge in [-0.25, -0.2) is 0 Å². The van der Waals surface area contributed by atoms with Gasteiger partial charge in [-0.15, -0.1) is 0 Å². The van der Waals surface area contributed by atoms with Crippen molar-refractivity contribution in [1.29, 1.82) is 4.78 Å². The minimum atomic E-state index is -2.25. The van der Waals surface area contributed by atoms with Crippen LogP contribution in [0.15, 0.2) is 0 Å². The number of nitrogens with one attached hydrogen (secondary N) is 1. The quantitative estimate of drug-likeness (QED) is 0.782.